The quantitative estimate of drug-likeness (QED) is 0.644. The van der Waals surface area contributed by atoms with Crippen molar-refractivity contribution in [2.24, 2.45) is 5.92 Å². The van der Waals surface area contributed by atoms with Gasteiger partial charge in [-0.25, -0.2) is 4.79 Å². The van der Waals surface area contributed by atoms with Crippen molar-refractivity contribution in [3.8, 4) is 0 Å². The topological polar surface area (TPSA) is 66.9 Å². The van der Waals surface area contributed by atoms with Gasteiger partial charge in [0.2, 0.25) is 5.91 Å². The Kier molecular flexibility index (Phi) is 4.61. The van der Waals surface area contributed by atoms with Gasteiger partial charge in [0, 0.05) is 13.1 Å². The fraction of sp³-hybridized carbons (Fsp3) is 0.333. The molecule has 1 aliphatic carbocycles. The zero-order valence-corrected chi connectivity index (χ0v) is 14.7. The van der Waals surface area contributed by atoms with Crippen LogP contribution in [0.5, 0.6) is 0 Å². The van der Waals surface area contributed by atoms with Gasteiger partial charge in [-0.15, -0.1) is 0 Å². The Morgan fingerprint density at radius 3 is 2.62 bits per heavy atom. The van der Waals surface area contributed by atoms with Crippen LogP contribution in [0.3, 0.4) is 0 Å². The number of aryl methyl sites for hydroxylation is 1. The van der Waals surface area contributed by atoms with Gasteiger partial charge < -0.3 is 10.3 Å². The summed E-state index contributed by atoms with van der Waals surface area (Å²) in [5, 5.41) is 3.07. The molecular weight excluding hydrogens is 326 g/mol. The van der Waals surface area contributed by atoms with Crippen LogP contribution in [-0.4, -0.2) is 22.0 Å². The number of imidazole rings is 1. The number of hydrogen-bond acceptors (Lipinski definition) is 2. The van der Waals surface area contributed by atoms with Crippen LogP contribution in [0.1, 0.15) is 30.7 Å². The Hall–Kier alpha value is -2.82. The summed E-state index contributed by atoms with van der Waals surface area (Å²) in [6.45, 7) is 1.16. The maximum Gasteiger partial charge on any atom is 0.326 e. The van der Waals surface area contributed by atoms with Crippen LogP contribution < -0.4 is 11.0 Å². The van der Waals surface area contributed by atoms with Crippen LogP contribution in [-0.2, 0) is 11.3 Å². The molecular formula is C21H23N3O2. The summed E-state index contributed by atoms with van der Waals surface area (Å²) in [6, 6.07) is 17.7. The Bertz CT molecular complexity index is 954. The van der Waals surface area contributed by atoms with Crippen molar-refractivity contribution in [3.05, 3.63) is 70.6 Å². The van der Waals surface area contributed by atoms with Crippen molar-refractivity contribution >= 4 is 16.9 Å². The lowest BCUT2D eigenvalue weighted by Gasteiger charge is -2.16. The Morgan fingerprint density at radius 1 is 1.12 bits per heavy atom. The first-order valence-corrected chi connectivity index (χ1v) is 9.24. The van der Waals surface area contributed by atoms with E-state index >= 15 is 0 Å². The highest BCUT2D eigenvalue weighted by molar-refractivity contribution is 5.84. The molecule has 1 saturated carbocycles. The van der Waals surface area contributed by atoms with Crippen molar-refractivity contribution < 1.29 is 4.79 Å². The molecule has 5 heteroatoms. The highest BCUT2D eigenvalue weighted by Crippen LogP contribution is 2.42. The van der Waals surface area contributed by atoms with Crippen molar-refractivity contribution in [1.82, 2.24) is 14.9 Å². The fourth-order valence-electron chi connectivity index (χ4n) is 3.62. The van der Waals surface area contributed by atoms with Gasteiger partial charge in [0.1, 0.15) is 0 Å². The number of carbonyl (C=O) groups is 1. The second-order valence-electron chi connectivity index (χ2n) is 6.97. The Morgan fingerprint density at radius 2 is 1.85 bits per heavy atom. The number of carbonyl (C=O) groups excluding carboxylic acids is 1. The number of rotatable bonds is 7. The first kappa shape index (κ1) is 16.6. The fourth-order valence-corrected chi connectivity index (χ4v) is 3.62. The number of nitrogens with one attached hydrogen (secondary N) is 2. The normalized spacial score (nSPS) is 15.1. The molecule has 1 heterocycles. The lowest BCUT2D eigenvalue weighted by atomic mass is 9.93. The Labute approximate surface area is 152 Å². The number of aromatic amines is 1. The van der Waals surface area contributed by atoms with E-state index in [1.807, 2.05) is 54.6 Å². The zero-order chi connectivity index (χ0) is 17.9. The van der Waals surface area contributed by atoms with Gasteiger partial charge >= 0.3 is 5.69 Å². The van der Waals surface area contributed by atoms with Gasteiger partial charge in [-0.2, -0.15) is 0 Å². The van der Waals surface area contributed by atoms with Crippen molar-refractivity contribution in [1.29, 1.82) is 0 Å². The van der Waals surface area contributed by atoms with Crippen LogP contribution in [0.15, 0.2) is 59.4 Å². The number of aromatic nitrogens is 2. The lowest BCUT2D eigenvalue weighted by molar-refractivity contribution is -0.123. The minimum atomic E-state index is -0.0994. The molecule has 1 atom stereocenters. The van der Waals surface area contributed by atoms with E-state index in [-0.39, 0.29) is 17.5 Å². The molecule has 1 aromatic heterocycles. The first-order valence-electron chi connectivity index (χ1n) is 9.24. The van der Waals surface area contributed by atoms with Gasteiger partial charge in [-0.3, -0.25) is 9.36 Å². The van der Waals surface area contributed by atoms with E-state index in [0.717, 1.165) is 35.9 Å². The molecule has 1 aliphatic rings. The van der Waals surface area contributed by atoms with E-state index in [1.165, 1.54) is 0 Å². The summed E-state index contributed by atoms with van der Waals surface area (Å²) >= 11 is 0. The summed E-state index contributed by atoms with van der Waals surface area (Å²) in [4.78, 5) is 27.6. The molecule has 5 nitrogen and oxygen atoms in total. The van der Waals surface area contributed by atoms with Gasteiger partial charge in [0.25, 0.3) is 0 Å². The van der Waals surface area contributed by atoms with E-state index in [9.17, 15) is 9.59 Å². The molecule has 26 heavy (non-hydrogen) atoms. The van der Waals surface area contributed by atoms with Crippen LogP contribution in [0.4, 0.5) is 0 Å². The number of H-pyrrole nitrogens is 1. The van der Waals surface area contributed by atoms with Crippen LogP contribution in [0.25, 0.3) is 11.0 Å². The third kappa shape index (κ3) is 3.43. The van der Waals surface area contributed by atoms with E-state index in [4.69, 9.17) is 0 Å². The standard InChI is InChI=1S/C21H23N3O2/c25-20(19(16-11-12-16)15-7-2-1-3-8-15)22-13-6-14-24-18-10-5-4-9-17(18)23-21(24)26/h1-5,7-10,16,19H,6,11-14H2,(H,22,25)(H,23,26). The van der Waals surface area contributed by atoms with Gasteiger partial charge in [0.05, 0.1) is 17.0 Å². The SMILES string of the molecule is O=C(NCCCn1c(=O)[nH]c2ccccc21)C(c1ccccc1)C1CC1. The number of para-hydroxylation sites is 2. The van der Waals surface area contributed by atoms with Crippen molar-refractivity contribution in [3.63, 3.8) is 0 Å². The highest BCUT2D eigenvalue weighted by Gasteiger charge is 2.36. The van der Waals surface area contributed by atoms with Gasteiger partial charge in [-0.05, 0) is 42.9 Å². The molecule has 2 aromatic carbocycles. The maximum absolute atomic E-state index is 12.7. The number of amides is 1. The zero-order valence-electron chi connectivity index (χ0n) is 14.7. The summed E-state index contributed by atoms with van der Waals surface area (Å²) in [7, 11) is 0. The number of fused-ring (bicyclic) bond motifs is 1. The molecule has 0 saturated heterocycles. The molecule has 0 bridgehead atoms. The molecule has 2 N–H and O–H groups in total. The summed E-state index contributed by atoms with van der Waals surface area (Å²) in [5.41, 5.74) is 2.75. The molecule has 0 aliphatic heterocycles. The maximum atomic E-state index is 12.7. The second-order valence-corrected chi connectivity index (χ2v) is 6.97. The smallest absolute Gasteiger partial charge is 0.326 e. The predicted octanol–water partition coefficient (Wildman–Crippen LogP) is 3.03. The van der Waals surface area contributed by atoms with Crippen LogP contribution in [0, 0.1) is 5.92 Å². The lowest BCUT2D eigenvalue weighted by Crippen LogP contribution is -2.32. The van der Waals surface area contributed by atoms with E-state index in [1.54, 1.807) is 4.57 Å². The molecule has 0 radical (unpaired) electrons. The van der Waals surface area contributed by atoms with Gasteiger partial charge in [-0.1, -0.05) is 42.5 Å². The second kappa shape index (κ2) is 7.20. The predicted molar refractivity (Wildman–Crippen MR) is 102 cm³/mol. The molecule has 0 spiro atoms. The average Bonchev–Trinajstić information content (AvgIpc) is 3.43. The number of benzene rings is 2. The van der Waals surface area contributed by atoms with Crippen LogP contribution >= 0.6 is 0 Å². The Balaban J connectivity index is 1.36. The highest BCUT2D eigenvalue weighted by atomic mass is 16.2. The largest absolute Gasteiger partial charge is 0.355 e. The van der Waals surface area contributed by atoms with E-state index in [2.05, 4.69) is 10.3 Å². The molecule has 3 aromatic rings. The van der Waals surface area contributed by atoms with E-state index in [0.29, 0.717) is 19.0 Å². The first-order chi connectivity index (χ1) is 12.7. The molecule has 1 amide bonds. The van der Waals surface area contributed by atoms with Crippen LogP contribution in [0.2, 0.25) is 0 Å². The molecule has 1 unspecified atom stereocenters. The third-order valence-corrected chi connectivity index (χ3v) is 5.07. The molecule has 1 fully saturated rings. The summed E-state index contributed by atoms with van der Waals surface area (Å²) in [6.07, 6.45) is 2.97. The summed E-state index contributed by atoms with van der Waals surface area (Å²) in [5.74, 6) is 0.519. The molecule has 134 valence electrons. The number of nitrogens with zero attached hydrogens (tertiary/aromatic N) is 1. The third-order valence-electron chi connectivity index (χ3n) is 5.07. The van der Waals surface area contributed by atoms with E-state index < -0.39 is 0 Å². The van der Waals surface area contributed by atoms with Crippen molar-refractivity contribution in [2.45, 2.75) is 31.7 Å². The average molecular weight is 349 g/mol. The van der Waals surface area contributed by atoms with Crippen molar-refractivity contribution in [2.75, 3.05) is 6.54 Å². The minimum Gasteiger partial charge on any atom is -0.355 e. The number of hydrogen-bond donors (Lipinski definition) is 2. The summed E-state index contributed by atoms with van der Waals surface area (Å²) < 4.78 is 1.73. The molecule has 4 rings (SSSR count). The minimum absolute atomic E-state index is 0.0491. The monoisotopic (exact) mass is 349 g/mol. The van der Waals surface area contributed by atoms with Gasteiger partial charge in [0.15, 0.2) is 0 Å².